The van der Waals surface area contributed by atoms with Crippen molar-refractivity contribution < 1.29 is 9.90 Å². The van der Waals surface area contributed by atoms with Crippen LogP contribution in [-0.4, -0.2) is 27.4 Å². The molecule has 0 saturated heterocycles. The van der Waals surface area contributed by atoms with Crippen molar-refractivity contribution in [3.8, 4) is 11.8 Å². The van der Waals surface area contributed by atoms with Crippen LogP contribution in [0.4, 0.5) is 5.69 Å². The number of benzene rings is 1. The second-order valence-corrected chi connectivity index (χ2v) is 4.70. The summed E-state index contributed by atoms with van der Waals surface area (Å²) in [6, 6.07) is 6.93. The lowest BCUT2D eigenvalue weighted by atomic mass is 10.1. The molecule has 0 radical (unpaired) electrons. The predicted molar refractivity (Wildman–Crippen MR) is 80.7 cm³/mol. The van der Waals surface area contributed by atoms with Crippen molar-refractivity contribution in [2.75, 3.05) is 11.9 Å². The number of aliphatic hydroxyl groups excluding tert-OH is 1. The van der Waals surface area contributed by atoms with E-state index >= 15 is 0 Å². The molecule has 5 nitrogen and oxygen atoms in total. The van der Waals surface area contributed by atoms with Crippen molar-refractivity contribution in [3.63, 3.8) is 0 Å². The molecule has 1 atom stereocenters. The highest BCUT2D eigenvalue weighted by atomic mass is 16.2. The summed E-state index contributed by atoms with van der Waals surface area (Å²) in [5.41, 5.74) is 2.43. The van der Waals surface area contributed by atoms with E-state index in [0.29, 0.717) is 5.69 Å². The van der Waals surface area contributed by atoms with Crippen LogP contribution < -0.4 is 5.32 Å². The third-order valence-corrected chi connectivity index (χ3v) is 2.96. The van der Waals surface area contributed by atoms with Crippen LogP contribution in [0.5, 0.6) is 0 Å². The number of rotatable bonds is 3. The topological polar surface area (TPSA) is 67.2 Å². The van der Waals surface area contributed by atoms with Crippen molar-refractivity contribution in [3.05, 3.63) is 47.8 Å². The van der Waals surface area contributed by atoms with E-state index in [9.17, 15) is 4.79 Å². The summed E-state index contributed by atoms with van der Waals surface area (Å²) in [5, 5.41) is 15.7. The molecular formula is C16H17N3O2. The van der Waals surface area contributed by atoms with Crippen LogP contribution in [0.15, 0.2) is 36.7 Å². The molecule has 1 aromatic carbocycles. The standard InChI is InChI=1S/C16H17N3O2/c1-12-9-14(5-3-8-20)11-15(10-12)18-16(21)13(2)19-7-4-6-17-19/h4,6-7,9-11,13,20H,8H2,1-2H3,(H,18,21). The molecule has 5 heteroatoms. The Morgan fingerprint density at radius 1 is 1.48 bits per heavy atom. The van der Waals surface area contributed by atoms with Crippen LogP contribution in [0, 0.1) is 18.8 Å². The Labute approximate surface area is 123 Å². The Balaban J connectivity index is 2.15. The summed E-state index contributed by atoms with van der Waals surface area (Å²) in [6.45, 7) is 3.52. The molecule has 0 fully saturated rings. The maximum atomic E-state index is 12.2. The number of amides is 1. The van der Waals surface area contributed by atoms with E-state index in [4.69, 9.17) is 5.11 Å². The molecule has 0 bridgehead atoms. The first kappa shape index (κ1) is 14.8. The van der Waals surface area contributed by atoms with Gasteiger partial charge in [0.25, 0.3) is 0 Å². The average Bonchev–Trinajstić information content (AvgIpc) is 2.97. The van der Waals surface area contributed by atoms with Crippen LogP contribution in [0.3, 0.4) is 0 Å². The lowest BCUT2D eigenvalue weighted by molar-refractivity contribution is -0.119. The number of aromatic nitrogens is 2. The minimum atomic E-state index is -0.396. The molecule has 1 amide bonds. The molecule has 0 aliphatic carbocycles. The van der Waals surface area contributed by atoms with Gasteiger partial charge in [-0.1, -0.05) is 11.8 Å². The highest BCUT2D eigenvalue weighted by Crippen LogP contribution is 2.16. The number of nitrogens with zero attached hydrogens (tertiary/aromatic N) is 2. The number of carbonyl (C=O) groups excluding carboxylic acids is 1. The van der Waals surface area contributed by atoms with E-state index in [1.165, 1.54) is 0 Å². The highest BCUT2D eigenvalue weighted by Gasteiger charge is 2.15. The molecule has 0 aliphatic heterocycles. The lowest BCUT2D eigenvalue weighted by Gasteiger charge is -2.13. The van der Waals surface area contributed by atoms with Crippen LogP contribution in [0.2, 0.25) is 0 Å². The molecule has 0 spiro atoms. The van der Waals surface area contributed by atoms with E-state index in [-0.39, 0.29) is 12.5 Å². The van der Waals surface area contributed by atoms with Gasteiger partial charge in [0.15, 0.2) is 0 Å². The number of nitrogens with one attached hydrogen (secondary N) is 1. The van der Waals surface area contributed by atoms with Crippen LogP contribution in [0.25, 0.3) is 0 Å². The zero-order valence-electron chi connectivity index (χ0n) is 12.0. The molecular weight excluding hydrogens is 266 g/mol. The van der Waals surface area contributed by atoms with Crippen molar-refractivity contribution in [2.45, 2.75) is 19.9 Å². The Hall–Kier alpha value is -2.58. The first-order chi connectivity index (χ1) is 10.1. The smallest absolute Gasteiger partial charge is 0.248 e. The van der Waals surface area contributed by atoms with Crippen molar-refractivity contribution in [2.24, 2.45) is 0 Å². The Bertz CT molecular complexity index is 681. The van der Waals surface area contributed by atoms with Gasteiger partial charge in [0.05, 0.1) is 0 Å². The van der Waals surface area contributed by atoms with Gasteiger partial charge in [0, 0.05) is 23.6 Å². The predicted octanol–water partition coefficient (Wildman–Crippen LogP) is 1.74. The molecule has 2 N–H and O–H groups in total. The average molecular weight is 283 g/mol. The van der Waals surface area contributed by atoms with Gasteiger partial charge in [-0.25, -0.2) is 0 Å². The number of aliphatic hydroxyl groups is 1. The second-order valence-electron chi connectivity index (χ2n) is 4.70. The maximum Gasteiger partial charge on any atom is 0.248 e. The number of hydrogen-bond donors (Lipinski definition) is 2. The van der Waals surface area contributed by atoms with E-state index in [1.54, 1.807) is 36.1 Å². The normalized spacial score (nSPS) is 11.4. The van der Waals surface area contributed by atoms with Gasteiger partial charge in [-0.2, -0.15) is 5.10 Å². The molecule has 1 aromatic heterocycles. The van der Waals surface area contributed by atoms with Crippen molar-refractivity contribution in [1.82, 2.24) is 9.78 Å². The molecule has 1 unspecified atom stereocenters. The monoisotopic (exact) mass is 283 g/mol. The van der Waals surface area contributed by atoms with E-state index in [0.717, 1.165) is 11.1 Å². The summed E-state index contributed by atoms with van der Waals surface area (Å²) in [6.07, 6.45) is 3.39. The SMILES string of the molecule is Cc1cc(C#CCO)cc(NC(=O)C(C)n2cccn2)c1. The second kappa shape index (κ2) is 6.73. The maximum absolute atomic E-state index is 12.2. The van der Waals surface area contributed by atoms with Gasteiger partial charge < -0.3 is 10.4 Å². The molecule has 1 heterocycles. The van der Waals surface area contributed by atoms with E-state index in [1.807, 2.05) is 19.1 Å². The Morgan fingerprint density at radius 2 is 2.29 bits per heavy atom. The van der Waals surface area contributed by atoms with Gasteiger partial charge in [0.2, 0.25) is 5.91 Å². The largest absolute Gasteiger partial charge is 0.384 e. The lowest BCUT2D eigenvalue weighted by Crippen LogP contribution is -2.24. The quantitative estimate of drug-likeness (QED) is 0.843. The molecule has 2 rings (SSSR count). The number of carbonyl (C=O) groups is 1. The molecule has 0 saturated carbocycles. The first-order valence-electron chi connectivity index (χ1n) is 6.61. The highest BCUT2D eigenvalue weighted by molar-refractivity contribution is 5.93. The fourth-order valence-corrected chi connectivity index (χ4v) is 1.95. The fraction of sp³-hybridized carbons (Fsp3) is 0.250. The zero-order valence-corrected chi connectivity index (χ0v) is 12.0. The van der Waals surface area contributed by atoms with Gasteiger partial charge >= 0.3 is 0 Å². The summed E-state index contributed by atoms with van der Waals surface area (Å²) in [4.78, 5) is 12.2. The van der Waals surface area contributed by atoms with E-state index < -0.39 is 6.04 Å². The van der Waals surface area contributed by atoms with Crippen LogP contribution in [-0.2, 0) is 4.79 Å². The fourth-order valence-electron chi connectivity index (χ4n) is 1.95. The Kier molecular flexibility index (Phi) is 4.75. The van der Waals surface area contributed by atoms with Crippen LogP contribution >= 0.6 is 0 Å². The number of anilines is 1. The zero-order chi connectivity index (χ0) is 15.2. The molecule has 21 heavy (non-hydrogen) atoms. The molecule has 2 aromatic rings. The summed E-state index contributed by atoms with van der Waals surface area (Å²) < 4.78 is 1.59. The van der Waals surface area contributed by atoms with Crippen molar-refractivity contribution in [1.29, 1.82) is 0 Å². The minimum Gasteiger partial charge on any atom is -0.384 e. The molecule has 0 aliphatic rings. The summed E-state index contributed by atoms with van der Waals surface area (Å²) >= 11 is 0. The number of hydrogen-bond acceptors (Lipinski definition) is 3. The summed E-state index contributed by atoms with van der Waals surface area (Å²) in [7, 11) is 0. The third kappa shape index (κ3) is 3.94. The van der Waals surface area contributed by atoms with Gasteiger partial charge in [-0.05, 0) is 43.7 Å². The van der Waals surface area contributed by atoms with Crippen LogP contribution in [0.1, 0.15) is 24.1 Å². The minimum absolute atomic E-state index is 0.148. The molecule has 108 valence electrons. The number of aryl methyl sites for hydroxylation is 1. The first-order valence-corrected chi connectivity index (χ1v) is 6.61. The van der Waals surface area contributed by atoms with Crippen molar-refractivity contribution >= 4 is 11.6 Å². The van der Waals surface area contributed by atoms with Gasteiger partial charge in [-0.3, -0.25) is 9.48 Å². The van der Waals surface area contributed by atoms with E-state index in [2.05, 4.69) is 22.3 Å². The van der Waals surface area contributed by atoms with Gasteiger partial charge in [-0.15, -0.1) is 0 Å². The Morgan fingerprint density at radius 3 is 2.95 bits per heavy atom. The van der Waals surface area contributed by atoms with Gasteiger partial charge in [0.1, 0.15) is 12.6 Å². The third-order valence-electron chi connectivity index (χ3n) is 2.96. The summed E-state index contributed by atoms with van der Waals surface area (Å²) in [5.74, 6) is 5.29.